The Kier molecular flexibility index (Phi) is 10.8. The molecule has 0 aliphatic carbocycles. The van der Waals surface area contributed by atoms with Gasteiger partial charge in [-0.1, -0.05) is 55.9 Å². The second-order valence-electron chi connectivity index (χ2n) is 4.22. The standard InChI is InChI=1S/2C3H9OSi.Mg/c2*1-5(2,3)4;/h2*1-3H3;/q2*-1;+2. The zero-order chi connectivity index (χ0) is 9.00. The smallest absolute Gasteiger partial charge is 0.859 e. The molecule has 0 saturated carbocycles. The van der Waals surface area contributed by atoms with E-state index < -0.39 is 16.6 Å². The predicted molar refractivity (Wildman–Crippen MR) is 52.4 cm³/mol. The van der Waals surface area contributed by atoms with Gasteiger partial charge in [0.05, 0.1) is 0 Å². The molecule has 0 aliphatic rings. The molecule has 0 bridgehead atoms. The second kappa shape index (κ2) is 6.62. The summed E-state index contributed by atoms with van der Waals surface area (Å²) in [5, 5.41) is 0. The van der Waals surface area contributed by atoms with Gasteiger partial charge >= 0.3 is 23.1 Å². The summed E-state index contributed by atoms with van der Waals surface area (Å²) in [6.07, 6.45) is 0. The Morgan fingerprint density at radius 1 is 0.636 bits per heavy atom. The van der Waals surface area contributed by atoms with E-state index in [1.165, 1.54) is 0 Å². The average molecular weight is 203 g/mol. The van der Waals surface area contributed by atoms with Gasteiger partial charge in [0, 0.05) is 0 Å². The van der Waals surface area contributed by atoms with Crippen molar-refractivity contribution in [3.8, 4) is 0 Å². The van der Waals surface area contributed by atoms with E-state index in [9.17, 15) is 9.59 Å². The molecule has 0 radical (unpaired) electrons. The first-order valence-electron chi connectivity index (χ1n) is 3.41. The molecule has 0 amide bonds. The monoisotopic (exact) mass is 202 g/mol. The fourth-order valence-corrected chi connectivity index (χ4v) is 0. The van der Waals surface area contributed by atoms with E-state index in [0.29, 0.717) is 0 Å². The zero-order valence-corrected chi connectivity index (χ0v) is 11.9. The van der Waals surface area contributed by atoms with Crippen LogP contribution in [0.2, 0.25) is 39.3 Å². The van der Waals surface area contributed by atoms with Crippen LogP contribution in [0.25, 0.3) is 0 Å². The molecule has 0 fully saturated rings. The fraction of sp³-hybridized carbons (Fsp3) is 1.00. The van der Waals surface area contributed by atoms with Crippen LogP contribution < -0.4 is 9.59 Å². The number of hydrogen-bond acceptors (Lipinski definition) is 2. The normalized spacial score (nSPS) is 10.9. The Hall–Kier alpha value is 1.12. The first-order valence-corrected chi connectivity index (χ1v) is 10.2. The molecule has 64 valence electrons. The van der Waals surface area contributed by atoms with Gasteiger partial charge in [0.1, 0.15) is 0 Å². The van der Waals surface area contributed by atoms with Crippen LogP contribution in [0.1, 0.15) is 0 Å². The third-order valence-corrected chi connectivity index (χ3v) is 0. The molecule has 2 nitrogen and oxygen atoms in total. The summed E-state index contributed by atoms with van der Waals surface area (Å²) in [7, 11) is -3.72. The molecule has 0 aromatic rings. The quantitative estimate of drug-likeness (QED) is 0.519. The Balaban J connectivity index is -0.000000107. The maximum Gasteiger partial charge on any atom is 2.00 e. The number of rotatable bonds is 0. The topological polar surface area (TPSA) is 46.1 Å². The van der Waals surface area contributed by atoms with Crippen molar-refractivity contribution >= 4 is 39.7 Å². The summed E-state index contributed by atoms with van der Waals surface area (Å²) in [4.78, 5) is 20.5. The minimum atomic E-state index is -1.86. The van der Waals surface area contributed by atoms with Gasteiger partial charge in [0.2, 0.25) is 0 Å². The third-order valence-electron chi connectivity index (χ3n) is 0. The Morgan fingerprint density at radius 2 is 0.636 bits per heavy atom. The first kappa shape index (κ1) is 18.0. The summed E-state index contributed by atoms with van der Waals surface area (Å²) in [5.74, 6) is 0. The van der Waals surface area contributed by atoms with Crippen LogP contribution >= 0.6 is 0 Å². The van der Waals surface area contributed by atoms with Crippen molar-refractivity contribution in [2.24, 2.45) is 0 Å². The maximum atomic E-state index is 10.2. The molecule has 0 unspecified atom stereocenters. The van der Waals surface area contributed by atoms with Crippen LogP contribution in [0.15, 0.2) is 0 Å². The van der Waals surface area contributed by atoms with E-state index in [1.54, 1.807) is 39.3 Å². The van der Waals surface area contributed by atoms with E-state index in [4.69, 9.17) is 0 Å². The van der Waals surface area contributed by atoms with Crippen molar-refractivity contribution in [1.29, 1.82) is 0 Å². The van der Waals surface area contributed by atoms with Crippen LogP contribution in [0.4, 0.5) is 0 Å². The molecular weight excluding hydrogens is 185 g/mol. The molecule has 5 heteroatoms. The molecule has 11 heavy (non-hydrogen) atoms. The molecule has 0 aliphatic heterocycles. The summed E-state index contributed by atoms with van der Waals surface area (Å²) >= 11 is 0. The Labute approximate surface area is 88.4 Å². The van der Waals surface area contributed by atoms with E-state index in [2.05, 4.69) is 0 Å². The zero-order valence-electron chi connectivity index (χ0n) is 8.52. The minimum absolute atomic E-state index is 0. The van der Waals surface area contributed by atoms with Crippen molar-refractivity contribution in [2.45, 2.75) is 39.3 Å². The van der Waals surface area contributed by atoms with Crippen molar-refractivity contribution in [3.63, 3.8) is 0 Å². The van der Waals surface area contributed by atoms with Gasteiger partial charge in [0.15, 0.2) is 0 Å². The first-order chi connectivity index (χ1) is 4.00. The van der Waals surface area contributed by atoms with Crippen LogP contribution in [0, 0.1) is 0 Å². The fourth-order valence-electron chi connectivity index (χ4n) is 0. The van der Waals surface area contributed by atoms with Gasteiger partial charge in [-0.2, -0.15) is 0 Å². The molecule has 0 N–H and O–H groups in total. The van der Waals surface area contributed by atoms with Crippen molar-refractivity contribution < 1.29 is 9.59 Å². The van der Waals surface area contributed by atoms with E-state index >= 15 is 0 Å². The Bertz CT molecular complexity index is 61.6. The van der Waals surface area contributed by atoms with Crippen LogP contribution in [-0.2, 0) is 0 Å². The number of hydrogen-bond donors (Lipinski definition) is 0. The van der Waals surface area contributed by atoms with Crippen LogP contribution in [-0.4, -0.2) is 39.7 Å². The maximum absolute atomic E-state index is 10.2. The summed E-state index contributed by atoms with van der Waals surface area (Å²) < 4.78 is 0. The summed E-state index contributed by atoms with van der Waals surface area (Å²) in [6, 6.07) is 0. The van der Waals surface area contributed by atoms with Crippen LogP contribution in [0.5, 0.6) is 0 Å². The van der Waals surface area contributed by atoms with Crippen molar-refractivity contribution in [2.75, 3.05) is 0 Å². The minimum Gasteiger partial charge on any atom is -0.859 e. The third kappa shape index (κ3) is 737. The molecule has 0 aromatic carbocycles. The van der Waals surface area contributed by atoms with Gasteiger partial charge in [-0.3, -0.25) is 0 Å². The van der Waals surface area contributed by atoms with Gasteiger partial charge in [-0.15, -0.1) is 0 Å². The molecule has 0 atom stereocenters. The van der Waals surface area contributed by atoms with Crippen LogP contribution in [0.3, 0.4) is 0 Å². The van der Waals surface area contributed by atoms with Gasteiger partial charge in [-0.25, -0.2) is 0 Å². The molecule has 0 heterocycles. The second-order valence-corrected chi connectivity index (χ2v) is 12.7. The predicted octanol–water partition coefficient (Wildman–Crippen LogP) is -0.0176. The average Bonchev–Trinajstić information content (AvgIpc) is 1.12. The van der Waals surface area contributed by atoms with Crippen molar-refractivity contribution in [1.82, 2.24) is 0 Å². The van der Waals surface area contributed by atoms with E-state index in [1.807, 2.05) is 0 Å². The molecule has 0 saturated heterocycles. The SMILES string of the molecule is C[Si](C)(C)[O-].C[Si](C)(C)[O-].[Mg+2]. The summed E-state index contributed by atoms with van der Waals surface area (Å²) in [5.41, 5.74) is 0. The van der Waals surface area contributed by atoms with Crippen molar-refractivity contribution in [3.05, 3.63) is 0 Å². The largest absolute Gasteiger partial charge is 2.00 e. The van der Waals surface area contributed by atoms with E-state index in [-0.39, 0.29) is 23.1 Å². The van der Waals surface area contributed by atoms with E-state index in [0.717, 1.165) is 0 Å². The van der Waals surface area contributed by atoms with Gasteiger partial charge in [-0.05, 0) is 0 Å². The molecule has 0 aromatic heterocycles. The molecular formula is C6H18MgO2Si2. The van der Waals surface area contributed by atoms with Gasteiger partial charge in [0.25, 0.3) is 0 Å². The molecule has 0 spiro atoms. The molecule has 0 rings (SSSR count). The summed E-state index contributed by atoms with van der Waals surface area (Å²) in [6.45, 7) is 10.6. The Morgan fingerprint density at radius 3 is 0.636 bits per heavy atom. The van der Waals surface area contributed by atoms with Gasteiger partial charge < -0.3 is 9.59 Å².